The smallest absolute Gasteiger partial charge is 0.253 e. The standard InChI is InChI=1S/C42H56N6O12/c1-7-21-17(3)23-11-29-36(42(60)44-14-32(52)38(56)40(58)34(54)16-50)20(6)26(48-29)10-28-22(8-2)18(4)24(46-28)12-30-35(19(5)25(47-30)9-27(21)45-23)41(59)43-13-31(51)37(55)39(57)33(53)15-49/h9-12,31-34,37-40,47-58H,7-8,13-16H2,1-6H3,(H,43,59)(H,44,60)/t31-,32-,33+,34+,37+,38+,39+,40+/m0/s1. The summed E-state index contributed by atoms with van der Waals surface area (Å²) in [6.07, 6.45) is -13.1. The molecule has 14 N–H and O–H groups in total. The number of carbonyl (C=O) groups is 2. The van der Waals surface area contributed by atoms with Crippen molar-refractivity contribution >= 4 is 56.2 Å². The topological polar surface area (TPSA) is 318 Å². The predicted molar refractivity (Wildman–Crippen MR) is 223 cm³/mol. The molecule has 5 heterocycles. The van der Waals surface area contributed by atoms with Gasteiger partial charge in [-0.15, -0.1) is 0 Å². The lowest BCUT2D eigenvalue weighted by Crippen LogP contribution is -2.49. The Morgan fingerprint density at radius 1 is 0.533 bits per heavy atom. The van der Waals surface area contributed by atoms with Crippen molar-refractivity contribution in [1.29, 1.82) is 0 Å². The molecule has 0 fully saturated rings. The summed E-state index contributed by atoms with van der Waals surface area (Å²) >= 11 is 0. The molecule has 2 aliphatic rings. The van der Waals surface area contributed by atoms with E-state index in [-0.39, 0.29) is 11.1 Å². The Hall–Kier alpha value is -4.86. The molecule has 3 aromatic rings. The van der Waals surface area contributed by atoms with E-state index in [4.69, 9.17) is 20.2 Å². The van der Waals surface area contributed by atoms with Gasteiger partial charge >= 0.3 is 0 Å². The second-order valence-corrected chi connectivity index (χ2v) is 15.2. The number of amides is 2. The van der Waals surface area contributed by atoms with Crippen molar-refractivity contribution in [2.45, 2.75) is 103 Å². The van der Waals surface area contributed by atoms with Crippen LogP contribution in [0, 0.1) is 13.8 Å². The van der Waals surface area contributed by atoms with Gasteiger partial charge in [0.2, 0.25) is 0 Å². The highest BCUT2D eigenvalue weighted by Crippen LogP contribution is 2.36. The lowest BCUT2D eigenvalue weighted by atomic mass is 10.0. The Labute approximate surface area is 345 Å². The van der Waals surface area contributed by atoms with E-state index >= 15 is 0 Å². The molecule has 2 aliphatic heterocycles. The van der Waals surface area contributed by atoms with Gasteiger partial charge in [-0.05, 0) is 98.2 Å². The molecule has 18 nitrogen and oxygen atoms in total. The summed E-state index contributed by atoms with van der Waals surface area (Å²) in [5.41, 5.74) is 9.06. The van der Waals surface area contributed by atoms with Crippen molar-refractivity contribution in [1.82, 2.24) is 30.6 Å². The molecule has 0 unspecified atom stereocenters. The molecule has 2 amide bonds. The maximum absolute atomic E-state index is 13.9. The number of carbonyl (C=O) groups excluding carboxylic acids is 2. The van der Waals surface area contributed by atoms with Gasteiger partial charge in [-0.3, -0.25) is 9.59 Å². The van der Waals surface area contributed by atoms with Crippen LogP contribution in [0.4, 0.5) is 0 Å². The van der Waals surface area contributed by atoms with Crippen LogP contribution in [0.25, 0.3) is 44.4 Å². The number of nitrogens with one attached hydrogen (secondary N) is 4. The van der Waals surface area contributed by atoms with Gasteiger partial charge in [0.1, 0.15) is 36.6 Å². The van der Waals surface area contributed by atoms with Gasteiger partial charge in [-0.25, -0.2) is 9.97 Å². The van der Waals surface area contributed by atoms with Crippen molar-refractivity contribution in [2.24, 2.45) is 0 Å². The molecule has 0 spiro atoms. The van der Waals surface area contributed by atoms with Gasteiger partial charge in [-0.2, -0.15) is 0 Å². The van der Waals surface area contributed by atoms with Crippen LogP contribution in [-0.2, 0) is 0 Å². The zero-order chi connectivity index (χ0) is 44.3. The summed E-state index contributed by atoms with van der Waals surface area (Å²) in [4.78, 5) is 44.4. The van der Waals surface area contributed by atoms with E-state index < -0.39 is 86.9 Å². The fourth-order valence-electron chi connectivity index (χ4n) is 7.52. The van der Waals surface area contributed by atoms with Crippen molar-refractivity contribution in [2.75, 3.05) is 26.3 Å². The van der Waals surface area contributed by atoms with Crippen LogP contribution in [-0.4, -0.2) is 158 Å². The average Bonchev–Trinajstić information content (AvgIpc) is 3.91. The molecular weight excluding hydrogens is 780 g/mol. The summed E-state index contributed by atoms with van der Waals surface area (Å²) in [5, 5.41) is 105. The molecule has 326 valence electrons. The fourth-order valence-corrected chi connectivity index (χ4v) is 7.52. The minimum absolute atomic E-state index is 0.221. The maximum Gasteiger partial charge on any atom is 0.253 e. The molecule has 60 heavy (non-hydrogen) atoms. The van der Waals surface area contributed by atoms with Gasteiger partial charge in [0.25, 0.3) is 11.8 Å². The lowest BCUT2D eigenvalue weighted by molar-refractivity contribution is -0.113. The molecule has 0 aromatic carbocycles. The van der Waals surface area contributed by atoms with Gasteiger partial charge in [-0.1, -0.05) is 13.8 Å². The highest BCUT2D eigenvalue weighted by molar-refractivity contribution is 6.07. The van der Waals surface area contributed by atoms with Crippen LogP contribution >= 0.6 is 0 Å². The molecule has 8 bridgehead atoms. The number of H-pyrrole nitrogens is 2. The van der Waals surface area contributed by atoms with E-state index in [1.165, 1.54) is 0 Å². The Kier molecular flexibility index (Phi) is 14.8. The van der Waals surface area contributed by atoms with Crippen LogP contribution in [0.5, 0.6) is 0 Å². The third kappa shape index (κ3) is 9.23. The summed E-state index contributed by atoms with van der Waals surface area (Å²) < 4.78 is 0. The number of nitrogens with zero attached hydrogens (tertiary/aromatic N) is 2. The number of aryl methyl sites for hydroxylation is 2. The van der Waals surface area contributed by atoms with Gasteiger partial charge < -0.3 is 71.7 Å². The van der Waals surface area contributed by atoms with Crippen molar-refractivity contribution in [3.8, 4) is 0 Å². The Bertz CT molecular complexity index is 2170. The number of rotatable bonds is 16. The number of hydrogen-bond acceptors (Lipinski definition) is 14. The van der Waals surface area contributed by atoms with Crippen molar-refractivity contribution < 1.29 is 60.7 Å². The zero-order valence-electron chi connectivity index (χ0n) is 34.4. The number of allylic oxidation sites excluding steroid dienone is 4. The van der Waals surface area contributed by atoms with Crippen molar-refractivity contribution in [3.63, 3.8) is 0 Å². The monoisotopic (exact) mass is 836 g/mol. The first kappa shape index (κ1) is 46.2. The second-order valence-electron chi connectivity index (χ2n) is 15.2. The van der Waals surface area contributed by atoms with E-state index in [1.54, 1.807) is 38.1 Å². The predicted octanol–water partition coefficient (Wildman–Crippen LogP) is -0.0556. The maximum atomic E-state index is 13.9. The van der Waals surface area contributed by atoms with E-state index in [0.717, 1.165) is 22.3 Å². The van der Waals surface area contributed by atoms with Gasteiger partial charge in [0.15, 0.2) is 0 Å². The molecule has 18 heteroatoms. The quantitative estimate of drug-likeness (QED) is 0.0900. The fraction of sp³-hybridized carbons (Fsp3) is 0.476. The summed E-state index contributed by atoms with van der Waals surface area (Å²) in [6.45, 7) is 8.54. The first-order valence-electron chi connectivity index (χ1n) is 19.8. The summed E-state index contributed by atoms with van der Waals surface area (Å²) in [5.74, 6) is -1.22. The molecule has 0 saturated carbocycles. The van der Waals surface area contributed by atoms with Crippen LogP contribution in [0.1, 0.15) is 95.2 Å². The molecule has 8 atom stereocenters. The number of fused-ring (bicyclic) bond motifs is 8. The van der Waals surface area contributed by atoms with E-state index in [2.05, 4.69) is 20.6 Å². The molecule has 5 rings (SSSR count). The zero-order valence-corrected chi connectivity index (χ0v) is 34.4. The Morgan fingerprint density at radius 2 is 0.850 bits per heavy atom. The molecule has 0 aliphatic carbocycles. The minimum atomic E-state index is -1.87. The molecule has 3 aromatic heterocycles. The molecule has 0 radical (unpaired) electrons. The highest BCUT2D eigenvalue weighted by atomic mass is 16.4. The van der Waals surface area contributed by atoms with Gasteiger partial charge in [0.05, 0.1) is 70.4 Å². The average molecular weight is 837 g/mol. The third-order valence-corrected chi connectivity index (χ3v) is 11.3. The lowest BCUT2D eigenvalue weighted by Gasteiger charge is -2.25. The van der Waals surface area contributed by atoms with Crippen LogP contribution in [0.15, 0.2) is 24.3 Å². The minimum Gasteiger partial charge on any atom is -0.394 e. The number of hydrogen-bond donors (Lipinski definition) is 14. The third-order valence-electron chi connectivity index (χ3n) is 11.3. The van der Waals surface area contributed by atoms with Crippen LogP contribution in [0.3, 0.4) is 0 Å². The SMILES string of the molecule is CCC1=C(C)c2cc3[nH]c(cc4nc(cc5[nH]c(cc1n2)c(C)c5C(=O)NC[C@H](O)[C@@H](O)[C@H](O)[C@H](O)CO)C(C)=C4CC)c(C)c3C(=O)NC[C@H](O)[C@@H](O)[C@H](O)[C@H](O)CO. The number of aliphatic hydroxyl groups excluding tert-OH is 10. The summed E-state index contributed by atoms with van der Waals surface area (Å²) in [7, 11) is 0. The first-order chi connectivity index (χ1) is 28.4. The number of aliphatic hydroxyl groups is 10. The van der Waals surface area contributed by atoms with Crippen LogP contribution < -0.4 is 10.6 Å². The number of aromatic nitrogens is 4. The van der Waals surface area contributed by atoms with E-state index in [9.17, 15) is 50.4 Å². The molecular formula is C42H56N6O12. The highest BCUT2D eigenvalue weighted by Gasteiger charge is 2.32. The van der Waals surface area contributed by atoms with E-state index in [1.807, 2.05) is 27.7 Å². The first-order valence-corrected chi connectivity index (χ1v) is 19.8. The normalized spacial score (nSPS) is 17.2. The second kappa shape index (κ2) is 19.2. The Balaban J connectivity index is 1.69. The van der Waals surface area contributed by atoms with Gasteiger partial charge in [0, 0.05) is 24.1 Å². The van der Waals surface area contributed by atoms with E-state index in [0.29, 0.717) is 68.8 Å². The molecule has 0 saturated heterocycles. The number of aromatic amines is 2. The Morgan fingerprint density at radius 3 is 1.17 bits per heavy atom. The summed E-state index contributed by atoms with van der Waals surface area (Å²) in [6, 6.07) is 7.07. The largest absolute Gasteiger partial charge is 0.394 e. The van der Waals surface area contributed by atoms with Crippen molar-refractivity contribution in [3.05, 3.63) is 69.3 Å². The van der Waals surface area contributed by atoms with Crippen LogP contribution in [0.2, 0.25) is 0 Å².